The lowest BCUT2D eigenvalue weighted by atomic mass is 10.2. The van der Waals surface area contributed by atoms with E-state index in [4.69, 9.17) is 10.5 Å². The van der Waals surface area contributed by atoms with Crippen LogP contribution in [0.2, 0.25) is 0 Å². The molecule has 0 bridgehead atoms. The van der Waals surface area contributed by atoms with E-state index in [0.717, 1.165) is 49.1 Å². The zero-order chi connectivity index (χ0) is 16.1. The fourth-order valence-electron chi connectivity index (χ4n) is 2.75. The molecule has 1 fully saturated rings. The number of rotatable bonds is 7. The van der Waals surface area contributed by atoms with Crippen LogP contribution in [0.1, 0.15) is 43.6 Å². The molecular weight excluding hydrogens is 308 g/mol. The number of ether oxygens (including phenoxy) is 1. The Hall–Kier alpha value is -1.37. The van der Waals surface area contributed by atoms with Crippen molar-refractivity contribution in [1.29, 1.82) is 0 Å². The molecule has 5 nitrogen and oxygen atoms in total. The summed E-state index contributed by atoms with van der Waals surface area (Å²) in [5, 5.41) is 9.67. The highest BCUT2D eigenvalue weighted by Crippen LogP contribution is 2.26. The number of aromatic nitrogens is 3. The van der Waals surface area contributed by atoms with Gasteiger partial charge in [-0.25, -0.2) is 0 Å². The number of nitrogens with zero attached hydrogens (tertiary/aromatic N) is 3. The fraction of sp³-hybridized carbons (Fsp3) is 0.529. The highest BCUT2D eigenvalue weighted by atomic mass is 32.2. The predicted octanol–water partition coefficient (Wildman–Crippen LogP) is 3.16. The van der Waals surface area contributed by atoms with Crippen molar-refractivity contribution in [3.63, 3.8) is 0 Å². The number of benzene rings is 1. The second-order valence-corrected chi connectivity index (χ2v) is 6.82. The molecule has 2 N–H and O–H groups in total. The Labute approximate surface area is 141 Å². The quantitative estimate of drug-likeness (QED) is 0.789. The lowest BCUT2D eigenvalue weighted by Gasteiger charge is -2.16. The van der Waals surface area contributed by atoms with Crippen molar-refractivity contribution >= 4 is 11.8 Å². The topological polar surface area (TPSA) is 66.0 Å². The monoisotopic (exact) mass is 332 g/mol. The standard InChI is InChI=1S/C17H24N4OS/c1-2-15(18)16-19-20-17(21(16)11-14-9-6-10-22-14)23-12-13-7-4-3-5-8-13/h3-5,7-8,14-15H,2,6,9-12,18H2,1H3. The van der Waals surface area contributed by atoms with Crippen LogP contribution >= 0.6 is 11.8 Å². The third-order valence-corrected chi connectivity index (χ3v) is 5.18. The van der Waals surface area contributed by atoms with Crippen molar-refractivity contribution in [3.05, 3.63) is 41.7 Å². The molecule has 1 aromatic heterocycles. The van der Waals surface area contributed by atoms with Crippen molar-refractivity contribution in [3.8, 4) is 0 Å². The highest BCUT2D eigenvalue weighted by molar-refractivity contribution is 7.98. The van der Waals surface area contributed by atoms with E-state index in [1.807, 2.05) is 6.07 Å². The molecule has 2 aromatic rings. The van der Waals surface area contributed by atoms with E-state index in [0.29, 0.717) is 0 Å². The molecule has 23 heavy (non-hydrogen) atoms. The average Bonchev–Trinajstić information content (AvgIpc) is 3.24. The minimum Gasteiger partial charge on any atom is -0.376 e. The third-order valence-electron chi connectivity index (χ3n) is 4.14. The molecule has 1 saturated heterocycles. The van der Waals surface area contributed by atoms with Crippen LogP contribution in [0.4, 0.5) is 0 Å². The summed E-state index contributed by atoms with van der Waals surface area (Å²) < 4.78 is 7.95. The van der Waals surface area contributed by atoms with E-state index < -0.39 is 0 Å². The van der Waals surface area contributed by atoms with Gasteiger partial charge in [-0.2, -0.15) is 0 Å². The molecule has 0 amide bonds. The Morgan fingerprint density at radius 1 is 1.35 bits per heavy atom. The van der Waals surface area contributed by atoms with Crippen LogP contribution in [0.25, 0.3) is 0 Å². The Balaban J connectivity index is 1.76. The van der Waals surface area contributed by atoms with Crippen LogP contribution in [0.5, 0.6) is 0 Å². The summed E-state index contributed by atoms with van der Waals surface area (Å²) in [6, 6.07) is 10.3. The summed E-state index contributed by atoms with van der Waals surface area (Å²) in [4.78, 5) is 0. The van der Waals surface area contributed by atoms with Gasteiger partial charge in [-0.15, -0.1) is 10.2 Å². The summed E-state index contributed by atoms with van der Waals surface area (Å²) >= 11 is 1.71. The first-order valence-corrected chi connectivity index (χ1v) is 9.23. The normalized spacial score (nSPS) is 19.1. The summed E-state index contributed by atoms with van der Waals surface area (Å²) in [5.74, 6) is 1.75. The third kappa shape index (κ3) is 4.13. The average molecular weight is 332 g/mol. The Morgan fingerprint density at radius 3 is 2.87 bits per heavy atom. The Morgan fingerprint density at radius 2 is 2.17 bits per heavy atom. The van der Waals surface area contributed by atoms with Gasteiger partial charge >= 0.3 is 0 Å². The Kier molecular flexibility index (Phi) is 5.70. The van der Waals surface area contributed by atoms with Gasteiger partial charge in [-0.3, -0.25) is 0 Å². The fourth-order valence-corrected chi connectivity index (χ4v) is 3.66. The summed E-state index contributed by atoms with van der Waals surface area (Å²) in [7, 11) is 0. The SMILES string of the molecule is CCC(N)c1nnc(SCc2ccccc2)n1CC1CCCO1. The molecule has 1 aliphatic heterocycles. The number of nitrogens with two attached hydrogens (primary N) is 1. The van der Waals surface area contributed by atoms with E-state index in [1.165, 1.54) is 5.56 Å². The molecule has 0 radical (unpaired) electrons. The molecule has 6 heteroatoms. The van der Waals surface area contributed by atoms with Gasteiger partial charge < -0.3 is 15.0 Å². The van der Waals surface area contributed by atoms with Crippen LogP contribution < -0.4 is 5.73 Å². The van der Waals surface area contributed by atoms with Gasteiger partial charge in [-0.05, 0) is 24.8 Å². The number of hydrogen-bond donors (Lipinski definition) is 1. The van der Waals surface area contributed by atoms with Crippen molar-refractivity contribution in [1.82, 2.24) is 14.8 Å². The highest BCUT2D eigenvalue weighted by Gasteiger charge is 2.23. The molecule has 0 spiro atoms. The summed E-state index contributed by atoms with van der Waals surface area (Å²) in [6.07, 6.45) is 3.34. The predicted molar refractivity (Wildman–Crippen MR) is 92.2 cm³/mol. The molecule has 0 saturated carbocycles. The minimum absolute atomic E-state index is 0.0741. The van der Waals surface area contributed by atoms with Crippen LogP contribution in [0.15, 0.2) is 35.5 Å². The lowest BCUT2D eigenvalue weighted by molar-refractivity contribution is 0.0938. The van der Waals surface area contributed by atoms with Crippen LogP contribution in [-0.4, -0.2) is 27.5 Å². The van der Waals surface area contributed by atoms with E-state index in [9.17, 15) is 0 Å². The van der Waals surface area contributed by atoms with Gasteiger partial charge in [0.05, 0.1) is 18.7 Å². The molecule has 1 aromatic carbocycles. The summed E-state index contributed by atoms with van der Waals surface area (Å²) in [5.41, 5.74) is 7.50. The van der Waals surface area contributed by atoms with Crippen LogP contribution in [0, 0.1) is 0 Å². The van der Waals surface area contributed by atoms with Crippen molar-refractivity contribution in [2.45, 2.75) is 55.8 Å². The van der Waals surface area contributed by atoms with Gasteiger partial charge in [0.2, 0.25) is 0 Å². The van der Waals surface area contributed by atoms with Crippen molar-refractivity contribution < 1.29 is 4.74 Å². The van der Waals surface area contributed by atoms with E-state index in [1.54, 1.807) is 11.8 Å². The molecule has 2 heterocycles. The zero-order valence-corrected chi connectivity index (χ0v) is 14.3. The maximum Gasteiger partial charge on any atom is 0.191 e. The molecule has 1 aliphatic rings. The molecule has 2 atom stereocenters. The lowest BCUT2D eigenvalue weighted by Crippen LogP contribution is -2.22. The molecule has 0 aliphatic carbocycles. The molecule has 3 rings (SSSR count). The van der Waals surface area contributed by atoms with E-state index in [-0.39, 0.29) is 12.1 Å². The van der Waals surface area contributed by atoms with Crippen LogP contribution in [-0.2, 0) is 17.0 Å². The smallest absolute Gasteiger partial charge is 0.191 e. The number of thioether (sulfide) groups is 1. The molecule has 2 unspecified atom stereocenters. The van der Waals surface area contributed by atoms with Gasteiger partial charge in [0, 0.05) is 12.4 Å². The minimum atomic E-state index is -0.0741. The molecule has 124 valence electrons. The number of hydrogen-bond acceptors (Lipinski definition) is 5. The first kappa shape index (κ1) is 16.5. The van der Waals surface area contributed by atoms with Gasteiger partial charge in [0.15, 0.2) is 11.0 Å². The van der Waals surface area contributed by atoms with Gasteiger partial charge in [0.1, 0.15) is 0 Å². The van der Waals surface area contributed by atoms with Gasteiger partial charge in [-0.1, -0.05) is 49.0 Å². The zero-order valence-electron chi connectivity index (χ0n) is 13.5. The van der Waals surface area contributed by atoms with Crippen molar-refractivity contribution in [2.24, 2.45) is 5.73 Å². The second-order valence-electron chi connectivity index (χ2n) is 5.88. The maximum absolute atomic E-state index is 6.22. The largest absolute Gasteiger partial charge is 0.376 e. The maximum atomic E-state index is 6.22. The van der Waals surface area contributed by atoms with E-state index >= 15 is 0 Å². The Bertz CT molecular complexity index is 610. The van der Waals surface area contributed by atoms with Crippen molar-refractivity contribution in [2.75, 3.05) is 6.61 Å². The first-order chi connectivity index (χ1) is 11.3. The molecular formula is C17H24N4OS. The summed E-state index contributed by atoms with van der Waals surface area (Å²) in [6.45, 7) is 3.73. The van der Waals surface area contributed by atoms with Gasteiger partial charge in [0.25, 0.3) is 0 Å². The van der Waals surface area contributed by atoms with E-state index in [2.05, 4.69) is 46.0 Å². The second kappa shape index (κ2) is 7.95. The van der Waals surface area contributed by atoms with Crippen LogP contribution in [0.3, 0.4) is 0 Å². The first-order valence-electron chi connectivity index (χ1n) is 8.25.